The zero-order valence-electron chi connectivity index (χ0n) is 17.9. The molecule has 0 atom stereocenters. The minimum Gasteiger partial charge on any atom is -0.340 e. The van der Waals surface area contributed by atoms with Crippen LogP contribution in [0.3, 0.4) is 0 Å². The third kappa shape index (κ3) is 3.57. The van der Waals surface area contributed by atoms with E-state index in [4.69, 9.17) is 10.1 Å². The van der Waals surface area contributed by atoms with Crippen LogP contribution < -0.4 is 5.32 Å². The van der Waals surface area contributed by atoms with Crippen LogP contribution in [0.15, 0.2) is 84.9 Å². The van der Waals surface area contributed by atoms with Gasteiger partial charge in [-0.15, -0.1) is 0 Å². The van der Waals surface area contributed by atoms with Crippen LogP contribution in [0.2, 0.25) is 0 Å². The van der Waals surface area contributed by atoms with Gasteiger partial charge in [-0.1, -0.05) is 66.7 Å². The van der Waals surface area contributed by atoms with Gasteiger partial charge in [0.05, 0.1) is 11.4 Å². The number of aromatic nitrogens is 3. The molecule has 0 amide bonds. The van der Waals surface area contributed by atoms with Gasteiger partial charge in [0.15, 0.2) is 5.65 Å². The van der Waals surface area contributed by atoms with E-state index in [1.165, 1.54) is 11.1 Å². The van der Waals surface area contributed by atoms with Gasteiger partial charge in [0.2, 0.25) is 0 Å². The lowest BCUT2D eigenvalue weighted by Crippen LogP contribution is -2.03. The topological polar surface area (TPSA) is 42.2 Å². The fourth-order valence-corrected chi connectivity index (χ4v) is 3.88. The summed E-state index contributed by atoms with van der Waals surface area (Å²) in [5.41, 5.74) is 9.51. The maximum absolute atomic E-state index is 5.04. The first-order chi connectivity index (χ1) is 15.1. The second-order valence-electron chi connectivity index (χ2n) is 7.88. The molecule has 2 heterocycles. The minimum absolute atomic E-state index is 0.844. The molecule has 0 spiro atoms. The van der Waals surface area contributed by atoms with E-state index in [-0.39, 0.29) is 0 Å². The highest BCUT2D eigenvalue weighted by molar-refractivity contribution is 5.83. The standard InChI is InChI=1S/C27H24N4/c1-18-14-15-23(16-19(18)2)28-25-17-24(21-10-6-4-7-11-21)29-27-26(20(3)30-31(25)27)22-12-8-5-9-13-22/h4-17,28H,1-3H3. The fraction of sp³-hybridized carbons (Fsp3) is 0.111. The Kier molecular flexibility index (Phi) is 4.75. The number of benzene rings is 3. The summed E-state index contributed by atoms with van der Waals surface area (Å²) in [5.74, 6) is 0.886. The smallest absolute Gasteiger partial charge is 0.166 e. The fourth-order valence-electron chi connectivity index (χ4n) is 3.88. The predicted octanol–water partition coefficient (Wildman–Crippen LogP) is 6.73. The number of fused-ring (bicyclic) bond motifs is 1. The predicted molar refractivity (Wildman–Crippen MR) is 128 cm³/mol. The van der Waals surface area contributed by atoms with Crippen LogP contribution in [0.4, 0.5) is 11.5 Å². The summed E-state index contributed by atoms with van der Waals surface area (Å²) >= 11 is 0. The van der Waals surface area contributed by atoms with Crippen molar-refractivity contribution < 1.29 is 0 Å². The molecule has 0 fully saturated rings. The van der Waals surface area contributed by atoms with Crippen LogP contribution in [0.1, 0.15) is 16.8 Å². The minimum atomic E-state index is 0.844. The molecule has 152 valence electrons. The van der Waals surface area contributed by atoms with Gasteiger partial charge in [-0.05, 0) is 49.6 Å². The molecule has 4 heteroatoms. The zero-order chi connectivity index (χ0) is 21.4. The first-order valence-electron chi connectivity index (χ1n) is 10.5. The highest BCUT2D eigenvalue weighted by Gasteiger charge is 2.17. The van der Waals surface area contributed by atoms with E-state index < -0.39 is 0 Å². The van der Waals surface area contributed by atoms with Crippen LogP contribution >= 0.6 is 0 Å². The summed E-state index contributed by atoms with van der Waals surface area (Å²) in [6.45, 7) is 6.29. The van der Waals surface area contributed by atoms with Gasteiger partial charge in [-0.3, -0.25) is 0 Å². The van der Waals surface area contributed by atoms with Crippen LogP contribution in [-0.2, 0) is 0 Å². The van der Waals surface area contributed by atoms with E-state index in [2.05, 4.69) is 67.7 Å². The Balaban J connectivity index is 1.74. The van der Waals surface area contributed by atoms with Gasteiger partial charge < -0.3 is 5.32 Å². The number of rotatable bonds is 4. The normalized spacial score (nSPS) is 11.1. The van der Waals surface area contributed by atoms with E-state index in [0.29, 0.717) is 0 Å². The van der Waals surface area contributed by atoms with E-state index in [1.807, 2.05) is 47.8 Å². The number of anilines is 2. The molecular weight excluding hydrogens is 380 g/mol. The molecular formula is C27H24N4. The van der Waals surface area contributed by atoms with Gasteiger partial charge in [0, 0.05) is 22.9 Å². The third-order valence-corrected chi connectivity index (χ3v) is 5.68. The molecule has 0 unspecified atom stereocenters. The first kappa shape index (κ1) is 19.1. The molecule has 5 rings (SSSR count). The van der Waals surface area contributed by atoms with Crippen molar-refractivity contribution in [1.82, 2.24) is 14.6 Å². The summed E-state index contributed by atoms with van der Waals surface area (Å²) in [5, 5.41) is 8.43. The molecule has 1 N–H and O–H groups in total. The second kappa shape index (κ2) is 7.73. The van der Waals surface area contributed by atoms with Crippen molar-refractivity contribution in [2.24, 2.45) is 0 Å². The molecule has 0 aliphatic rings. The number of hydrogen-bond acceptors (Lipinski definition) is 3. The maximum Gasteiger partial charge on any atom is 0.166 e. The van der Waals surface area contributed by atoms with E-state index in [0.717, 1.165) is 45.2 Å². The van der Waals surface area contributed by atoms with Crippen LogP contribution in [0, 0.1) is 20.8 Å². The molecule has 2 aromatic heterocycles. The number of nitrogens with one attached hydrogen (secondary N) is 1. The maximum atomic E-state index is 5.04. The van der Waals surface area contributed by atoms with Crippen molar-refractivity contribution >= 4 is 17.2 Å². The Morgan fingerprint density at radius 1 is 0.710 bits per heavy atom. The summed E-state index contributed by atoms with van der Waals surface area (Å²) < 4.78 is 1.92. The SMILES string of the molecule is Cc1ccc(Nc2cc(-c3ccccc3)nc3c(-c4ccccc4)c(C)nn23)cc1C. The van der Waals surface area contributed by atoms with Crippen LogP contribution in [-0.4, -0.2) is 14.6 Å². The van der Waals surface area contributed by atoms with E-state index >= 15 is 0 Å². The Bertz CT molecular complexity index is 1370. The third-order valence-electron chi connectivity index (χ3n) is 5.68. The monoisotopic (exact) mass is 404 g/mol. The zero-order valence-corrected chi connectivity index (χ0v) is 17.9. The summed E-state index contributed by atoms with van der Waals surface area (Å²) in [6, 6.07) is 29.1. The van der Waals surface area contributed by atoms with Crippen molar-refractivity contribution in [3.05, 3.63) is 102 Å². The highest BCUT2D eigenvalue weighted by atomic mass is 15.3. The molecule has 0 saturated heterocycles. The number of nitrogens with zero attached hydrogens (tertiary/aromatic N) is 3. The van der Waals surface area contributed by atoms with E-state index in [9.17, 15) is 0 Å². The Morgan fingerprint density at radius 2 is 1.39 bits per heavy atom. The Morgan fingerprint density at radius 3 is 2.06 bits per heavy atom. The van der Waals surface area contributed by atoms with Crippen molar-refractivity contribution in [3.63, 3.8) is 0 Å². The lowest BCUT2D eigenvalue weighted by Gasteiger charge is -2.12. The van der Waals surface area contributed by atoms with Gasteiger partial charge in [-0.25, -0.2) is 4.98 Å². The second-order valence-corrected chi connectivity index (χ2v) is 7.88. The number of aryl methyl sites for hydroxylation is 3. The van der Waals surface area contributed by atoms with Gasteiger partial charge >= 0.3 is 0 Å². The van der Waals surface area contributed by atoms with Crippen LogP contribution in [0.25, 0.3) is 28.0 Å². The van der Waals surface area contributed by atoms with Crippen molar-refractivity contribution in [1.29, 1.82) is 0 Å². The molecule has 3 aromatic carbocycles. The molecule has 0 aliphatic carbocycles. The molecule has 5 aromatic rings. The van der Waals surface area contributed by atoms with Gasteiger partial charge in [0.25, 0.3) is 0 Å². The average Bonchev–Trinajstić information content (AvgIpc) is 3.13. The van der Waals surface area contributed by atoms with Gasteiger partial charge in [-0.2, -0.15) is 9.61 Å². The molecule has 0 aliphatic heterocycles. The van der Waals surface area contributed by atoms with Gasteiger partial charge in [0.1, 0.15) is 5.82 Å². The lowest BCUT2D eigenvalue weighted by molar-refractivity contribution is 0.926. The van der Waals surface area contributed by atoms with Crippen LogP contribution in [0.5, 0.6) is 0 Å². The molecule has 0 bridgehead atoms. The van der Waals surface area contributed by atoms with Crippen molar-refractivity contribution in [2.45, 2.75) is 20.8 Å². The Labute approximate surface area is 182 Å². The molecule has 31 heavy (non-hydrogen) atoms. The first-order valence-corrected chi connectivity index (χ1v) is 10.5. The largest absolute Gasteiger partial charge is 0.340 e. The van der Waals surface area contributed by atoms with E-state index in [1.54, 1.807) is 0 Å². The quantitative estimate of drug-likeness (QED) is 0.361. The molecule has 0 saturated carbocycles. The van der Waals surface area contributed by atoms with Crippen molar-refractivity contribution in [2.75, 3.05) is 5.32 Å². The Hall–Kier alpha value is -3.92. The summed E-state index contributed by atoms with van der Waals surface area (Å²) in [4.78, 5) is 5.04. The average molecular weight is 405 g/mol. The molecule has 4 nitrogen and oxygen atoms in total. The number of hydrogen-bond donors (Lipinski definition) is 1. The van der Waals surface area contributed by atoms with Crippen molar-refractivity contribution in [3.8, 4) is 22.4 Å². The summed E-state index contributed by atoms with van der Waals surface area (Å²) in [7, 11) is 0. The lowest BCUT2D eigenvalue weighted by atomic mass is 10.1. The summed E-state index contributed by atoms with van der Waals surface area (Å²) in [6.07, 6.45) is 0. The highest BCUT2D eigenvalue weighted by Crippen LogP contribution is 2.32. The molecule has 0 radical (unpaired) electrons.